The summed E-state index contributed by atoms with van der Waals surface area (Å²) in [7, 11) is 1.46. The second kappa shape index (κ2) is 10.7. The predicted octanol–water partition coefficient (Wildman–Crippen LogP) is 2.22. The van der Waals surface area contributed by atoms with Crippen molar-refractivity contribution in [2.24, 2.45) is 0 Å². The molecule has 9 nitrogen and oxygen atoms in total. The number of amides is 1. The van der Waals surface area contributed by atoms with Crippen LogP contribution in [0.5, 0.6) is 17.2 Å². The molecule has 1 saturated heterocycles. The SMILES string of the molecule is COc1cn(CC(=O)NCc2ccc3c(c2)OCO3)c(CN2CCN(c3ccccc3)CC2)cc1=O. The van der Waals surface area contributed by atoms with Gasteiger partial charge in [0.05, 0.1) is 13.3 Å². The molecule has 1 fully saturated rings. The molecule has 0 spiro atoms. The smallest absolute Gasteiger partial charge is 0.240 e. The van der Waals surface area contributed by atoms with Gasteiger partial charge in [0.2, 0.25) is 18.1 Å². The minimum Gasteiger partial charge on any atom is -0.491 e. The van der Waals surface area contributed by atoms with E-state index in [2.05, 4.69) is 39.4 Å². The van der Waals surface area contributed by atoms with E-state index in [1.165, 1.54) is 12.8 Å². The quantitative estimate of drug-likeness (QED) is 0.518. The van der Waals surface area contributed by atoms with E-state index in [9.17, 15) is 9.59 Å². The highest BCUT2D eigenvalue weighted by molar-refractivity contribution is 5.75. The van der Waals surface area contributed by atoms with Crippen molar-refractivity contribution < 1.29 is 19.0 Å². The van der Waals surface area contributed by atoms with Crippen LogP contribution >= 0.6 is 0 Å². The lowest BCUT2D eigenvalue weighted by atomic mass is 10.2. The van der Waals surface area contributed by atoms with Crippen LogP contribution in [0.4, 0.5) is 5.69 Å². The van der Waals surface area contributed by atoms with E-state index >= 15 is 0 Å². The first-order chi connectivity index (χ1) is 17.6. The third-order valence-corrected chi connectivity index (χ3v) is 6.52. The van der Waals surface area contributed by atoms with Crippen LogP contribution in [0.2, 0.25) is 0 Å². The highest BCUT2D eigenvalue weighted by Crippen LogP contribution is 2.32. The summed E-state index contributed by atoms with van der Waals surface area (Å²) in [4.78, 5) is 30.0. The average molecular weight is 491 g/mol. The van der Waals surface area contributed by atoms with Gasteiger partial charge in [0.15, 0.2) is 17.2 Å². The number of nitrogens with zero attached hydrogens (tertiary/aromatic N) is 3. The molecule has 5 rings (SSSR count). The Morgan fingerprint density at radius 3 is 2.56 bits per heavy atom. The fourth-order valence-corrected chi connectivity index (χ4v) is 4.52. The Morgan fingerprint density at radius 2 is 1.78 bits per heavy atom. The summed E-state index contributed by atoms with van der Waals surface area (Å²) in [6, 6.07) is 17.6. The third kappa shape index (κ3) is 5.46. The molecule has 36 heavy (non-hydrogen) atoms. The molecule has 3 heterocycles. The number of hydrogen-bond donors (Lipinski definition) is 1. The molecule has 0 aliphatic carbocycles. The van der Waals surface area contributed by atoms with Crippen molar-refractivity contribution in [3.05, 3.63) is 82.3 Å². The van der Waals surface area contributed by atoms with Crippen LogP contribution < -0.4 is 29.9 Å². The van der Waals surface area contributed by atoms with E-state index in [0.29, 0.717) is 24.6 Å². The third-order valence-electron chi connectivity index (χ3n) is 6.52. The number of carbonyl (C=O) groups excluding carboxylic acids is 1. The number of ether oxygens (including phenoxy) is 3. The molecular formula is C27H30N4O5. The Morgan fingerprint density at radius 1 is 1.00 bits per heavy atom. The number of methoxy groups -OCH3 is 1. The van der Waals surface area contributed by atoms with Crippen molar-refractivity contribution in [2.75, 3.05) is 45.0 Å². The highest BCUT2D eigenvalue weighted by atomic mass is 16.7. The number of fused-ring (bicyclic) bond motifs is 1. The van der Waals surface area contributed by atoms with Gasteiger partial charge < -0.3 is 29.0 Å². The van der Waals surface area contributed by atoms with Gasteiger partial charge in [0, 0.05) is 56.7 Å². The van der Waals surface area contributed by atoms with Crippen LogP contribution in [0.3, 0.4) is 0 Å². The zero-order valence-electron chi connectivity index (χ0n) is 20.3. The first-order valence-electron chi connectivity index (χ1n) is 12.0. The molecule has 3 aromatic rings. The molecule has 0 saturated carbocycles. The van der Waals surface area contributed by atoms with E-state index in [1.807, 2.05) is 24.3 Å². The molecule has 0 atom stereocenters. The summed E-state index contributed by atoms with van der Waals surface area (Å²) in [5.74, 6) is 1.45. The summed E-state index contributed by atoms with van der Waals surface area (Å²) in [5, 5.41) is 2.95. The molecular weight excluding hydrogens is 460 g/mol. The summed E-state index contributed by atoms with van der Waals surface area (Å²) in [5.41, 5.74) is 2.74. The van der Waals surface area contributed by atoms with Crippen LogP contribution in [0, 0.1) is 0 Å². The minimum atomic E-state index is -0.188. The molecule has 0 radical (unpaired) electrons. The first kappa shape index (κ1) is 23.7. The molecule has 1 aromatic heterocycles. The Labute approximate surface area is 209 Å². The van der Waals surface area contributed by atoms with Crippen molar-refractivity contribution in [3.8, 4) is 17.2 Å². The van der Waals surface area contributed by atoms with Crippen molar-refractivity contribution in [2.45, 2.75) is 19.6 Å². The van der Waals surface area contributed by atoms with Crippen LogP contribution in [-0.2, 0) is 24.4 Å². The van der Waals surface area contributed by atoms with Gasteiger partial charge in [0.25, 0.3) is 0 Å². The monoisotopic (exact) mass is 490 g/mol. The van der Waals surface area contributed by atoms with Gasteiger partial charge in [-0.25, -0.2) is 0 Å². The summed E-state index contributed by atoms with van der Waals surface area (Å²) < 4.78 is 17.8. The van der Waals surface area contributed by atoms with Gasteiger partial charge in [-0.05, 0) is 29.8 Å². The fourth-order valence-electron chi connectivity index (χ4n) is 4.52. The predicted molar refractivity (Wildman–Crippen MR) is 136 cm³/mol. The molecule has 1 N–H and O–H groups in total. The Kier molecular flexibility index (Phi) is 7.08. The lowest BCUT2D eigenvalue weighted by molar-refractivity contribution is -0.121. The summed E-state index contributed by atoms with van der Waals surface area (Å²) in [6.45, 7) is 4.78. The van der Waals surface area contributed by atoms with Gasteiger partial charge in [-0.15, -0.1) is 0 Å². The number of piperazine rings is 1. The van der Waals surface area contributed by atoms with Gasteiger partial charge >= 0.3 is 0 Å². The molecule has 1 amide bonds. The highest BCUT2D eigenvalue weighted by Gasteiger charge is 2.20. The minimum absolute atomic E-state index is 0.0838. The van der Waals surface area contributed by atoms with Crippen LogP contribution in [0.15, 0.2) is 65.6 Å². The van der Waals surface area contributed by atoms with Crippen molar-refractivity contribution >= 4 is 11.6 Å². The number of benzene rings is 2. The van der Waals surface area contributed by atoms with Gasteiger partial charge in [-0.2, -0.15) is 0 Å². The lowest BCUT2D eigenvalue weighted by Gasteiger charge is -2.36. The zero-order valence-corrected chi connectivity index (χ0v) is 20.3. The molecule has 2 aromatic carbocycles. The molecule has 0 bridgehead atoms. The maximum Gasteiger partial charge on any atom is 0.240 e. The summed E-state index contributed by atoms with van der Waals surface area (Å²) in [6.07, 6.45) is 1.62. The first-order valence-corrected chi connectivity index (χ1v) is 12.0. The number of para-hydroxylation sites is 1. The Balaban J connectivity index is 1.23. The van der Waals surface area contributed by atoms with E-state index in [1.54, 1.807) is 16.8 Å². The maximum absolute atomic E-state index is 12.8. The Hall–Kier alpha value is -3.98. The van der Waals surface area contributed by atoms with E-state index in [0.717, 1.165) is 37.4 Å². The molecule has 9 heteroatoms. The van der Waals surface area contributed by atoms with Crippen molar-refractivity contribution in [3.63, 3.8) is 0 Å². The van der Waals surface area contributed by atoms with Gasteiger partial charge in [-0.1, -0.05) is 24.3 Å². The van der Waals surface area contributed by atoms with Gasteiger partial charge in [-0.3, -0.25) is 14.5 Å². The molecule has 2 aliphatic rings. The number of hydrogen-bond acceptors (Lipinski definition) is 7. The van der Waals surface area contributed by atoms with Crippen LogP contribution in [0.25, 0.3) is 0 Å². The number of carbonyl (C=O) groups is 1. The topological polar surface area (TPSA) is 85.3 Å². The van der Waals surface area contributed by atoms with Crippen LogP contribution in [0.1, 0.15) is 11.3 Å². The number of rotatable bonds is 8. The normalized spacial score (nSPS) is 15.1. The lowest BCUT2D eigenvalue weighted by Crippen LogP contribution is -2.46. The Bertz CT molecular complexity index is 1270. The molecule has 2 aliphatic heterocycles. The maximum atomic E-state index is 12.8. The fraction of sp³-hybridized carbons (Fsp3) is 0.333. The number of nitrogens with one attached hydrogen (secondary N) is 1. The largest absolute Gasteiger partial charge is 0.491 e. The van der Waals surface area contributed by atoms with Crippen molar-refractivity contribution in [1.29, 1.82) is 0 Å². The number of pyridine rings is 1. The van der Waals surface area contributed by atoms with E-state index in [-0.39, 0.29) is 30.4 Å². The molecule has 0 unspecified atom stereocenters. The zero-order chi connectivity index (χ0) is 24.9. The summed E-state index contributed by atoms with van der Waals surface area (Å²) >= 11 is 0. The van der Waals surface area contributed by atoms with Crippen LogP contribution in [-0.4, -0.2) is 55.5 Å². The second-order valence-corrected chi connectivity index (χ2v) is 8.89. The average Bonchev–Trinajstić information content (AvgIpc) is 3.38. The second-order valence-electron chi connectivity index (χ2n) is 8.89. The standard InChI is InChI=1S/C27H30N4O5/c1-34-26-17-31(18-27(33)28-15-20-7-8-24-25(13-20)36-19-35-24)22(14-23(26)32)16-29-9-11-30(12-10-29)21-5-3-2-4-6-21/h2-8,13-14,17H,9-12,15-16,18-19H2,1H3,(H,28,33). The van der Waals surface area contributed by atoms with E-state index < -0.39 is 0 Å². The number of aromatic nitrogens is 1. The van der Waals surface area contributed by atoms with Gasteiger partial charge in [0.1, 0.15) is 6.54 Å². The molecule has 188 valence electrons. The van der Waals surface area contributed by atoms with Crippen molar-refractivity contribution in [1.82, 2.24) is 14.8 Å². The van der Waals surface area contributed by atoms with E-state index in [4.69, 9.17) is 14.2 Å². The number of anilines is 1.